The summed E-state index contributed by atoms with van der Waals surface area (Å²) in [4.78, 5) is 17.6. The summed E-state index contributed by atoms with van der Waals surface area (Å²) in [6.45, 7) is 4.32. The van der Waals surface area contributed by atoms with Crippen molar-refractivity contribution in [2.75, 3.05) is 0 Å². The second-order valence-corrected chi connectivity index (χ2v) is 6.96. The molecule has 0 N–H and O–H groups in total. The minimum Gasteiger partial charge on any atom is -0.467 e. The number of furan rings is 1. The number of carbonyl (C=O) groups excluding carboxylic acids is 1. The molecule has 138 valence electrons. The molecule has 0 aliphatic heterocycles. The third kappa shape index (κ3) is 3.56. The van der Waals surface area contributed by atoms with Crippen molar-refractivity contribution in [2.24, 2.45) is 0 Å². The highest BCUT2D eigenvalue weighted by atomic mass is 32.1. The van der Waals surface area contributed by atoms with E-state index >= 15 is 0 Å². The Labute approximate surface area is 159 Å². The average molecular weight is 383 g/mol. The largest absolute Gasteiger partial charge is 0.467 e. The Morgan fingerprint density at radius 3 is 2.93 bits per heavy atom. The predicted octanol–water partition coefficient (Wildman–Crippen LogP) is 4.21. The molecule has 0 saturated carbocycles. The lowest BCUT2D eigenvalue weighted by Gasteiger charge is -2.07. The molecule has 7 nitrogen and oxygen atoms in total. The average Bonchev–Trinajstić information content (AvgIpc) is 3.43. The molecule has 4 rings (SSSR count). The normalized spacial score (nSPS) is 11.0. The van der Waals surface area contributed by atoms with Gasteiger partial charge in [0.2, 0.25) is 5.82 Å². The minimum absolute atomic E-state index is 0.0704. The standard InChI is InChI=1S/C19H17N3O4S/c1-12-9-15(13(2)22(12)10-14-5-3-7-24-14)19(23)25-11-17-20-18(21-26-17)16-6-4-8-27-16/h3-9H,10-11H2,1-2H3. The van der Waals surface area contributed by atoms with Gasteiger partial charge in [0, 0.05) is 11.4 Å². The highest BCUT2D eigenvalue weighted by molar-refractivity contribution is 7.13. The lowest BCUT2D eigenvalue weighted by molar-refractivity contribution is 0.0429. The summed E-state index contributed by atoms with van der Waals surface area (Å²) in [6, 6.07) is 9.37. The molecule has 4 aromatic heterocycles. The van der Waals surface area contributed by atoms with Crippen LogP contribution in [-0.4, -0.2) is 20.7 Å². The maximum absolute atomic E-state index is 12.5. The van der Waals surface area contributed by atoms with Crippen LogP contribution in [0.5, 0.6) is 0 Å². The summed E-state index contributed by atoms with van der Waals surface area (Å²) in [5.41, 5.74) is 2.28. The molecule has 4 aromatic rings. The Hall–Kier alpha value is -3.13. The molecule has 0 bridgehead atoms. The monoisotopic (exact) mass is 383 g/mol. The minimum atomic E-state index is -0.426. The van der Waals surface area contributed by atoms with E-state index in [0.29, 0.717) is 17.9 Å². The van der Waals surface area contributed by atoms with E-state index in [1.54, 1.807) is 6.26 Å². The highest BCUT2D eigenvalue weighted by Gasteiger charge is 2.19. The van der Waals surface area contributed by atoms with Crippen LogP contribution in [-0.2, 0) is 17.9 Å². The fourth-order valence-corrected chi connectivity index (χ4v) is 3.48. The first kappa shape index (κ1) is 17.3. The van der Waals surface area contributed by atoms with Crippen LogP contribution in [0, 0.1) is 13.8 Å². The van der Waals surface area contributed by atoms with Crippen molar-refractivity contribution in [2.45, 2.75) is 27.0 Å². The van der Waals surface area contributed by atoms with Crippen molar-refractivity contribution in [1.82, 2.24) is 14.7 Å². The molecule has 0 unspecified atom stereocenters. The Balaban J connectivity index is 1.44. The summed E-state index contributed by atoms with van der Waals surface area (Å²) < 4.78 is 17.9. The first-order chi connectivity index (χ1) is 13.1. The third-order valence-electron chi connectivity index (χ3n) is 4.22. The molecule has 27 heavy (non-hydrogen) atoms. The molecule has 0 aliphatic rings. The summed E-state index contributed by atoms with van der Waals surface area (Å²) in [6.07, 6.45) is 1.63. The fourth-order valence-electron chi connectivity index (χ4n) is 2.83. The Morgan fingerprint density at radius 1 is 1.30 bits per heavy atom. The van der Waals surface area contributed by atoms with E-state index in [0.717, 1.165) is 22.0 Å². The summed E-state index contributed by atoms with van der Waals surface area (Å²) in [5, 5.41) is 5.84. The van der Waals surface area contributed by atoms with Crippen molar-refractivity contribution in [3.05, 3.63) is 70.6 Å². The molecule has 4 heterocycles. The van der Waals surface area contributed by atoms with E-state index < -0.39 is 5.97 Å². The molecule has 0 atom stereocenters. The van der Waals surface area contributed by atoms with E-state index in [4.69, 9.17) is 13.7 Å². The number of esters is 1. The van der Waals surface area contributed by atoms with Gasteiger partial charge in [-0.2, -0.15) is 4.98 Å². The van der Waals surface area contributed by atoms with Crippen LogP contribution in [0.25, 0.3) is 10.7 Å². The van der Waals surface area contributed by atoms with Crippen LogP contribution in [0.3, 0.4) is 0 Å². The predicted molar refractivity (Wildman–Crippen MR) is 98.4 cm³/mol. The summed E-state index contributed by atoms with van der Waals surface area (Å²) in [5.74, 6) is 1.15. The van der Waals surface area contributed by atoms with Crippen LogP contribution in [0.4, 0.5) is 0 Å². The zero-order valence-corrected chi connectivity index (χ0v) is 15.7. The Morgan fingerprint density at radius 2 is 2.19 bits per heavy atom. The first-order valence-electron chi connectivity index (χ1n) is 8.34. The first-order valence-corrected chi connectivity index (χ1v) is 9.22. The number of thiophene rings is 1. The zero-order valence-electron chi connectivity index (χ0n) is 14.8. The number of nitrogens with zero attached hydrogens (tertiary/aromatic N) is 3. The second kappa shape index (κ2) is 7.24. The van der Waals surface area contributed by atoms with Gasteiger partial charge in [0.15, 0.2) is 6.61 Å². The van der Waals surface area contributed by atoms with E-state index in [2.05, 4.69) is 10.1 Å². The van der Waals surface area contributed by atoms with Gasteiger partial charge in [-0.3, -0.25) is 0 Å². The van der Waals surface area contributed by atoms with Crippen LogP contribution >= 0.6 is 11.3 Å². The SMILES string of the molecule is Cc1cc(C(=O)OCc2nc(-c3cccs3)no2)c(C)n1Cc1ccco1. The third-order valence-corrected chi connectivity index (χ3v) is 5.09. The van der Waals surface area contributed by atoms with Gasteiger partial charge in [-0.25, -0.2) is 4.79 Å². The lowest BCUT2D eigenvalue weighted by atomic mass is 10.2. The number of rotatable bonds is 6. The number of hydrogen-bond acceptors (Lipinski definition) is 7. The molecular formula is C19H17N3O4S. The summed E-state index contributed by atoms with van der Waals surface area (Å²) in [7, 11) is 0. The van der Waals surface area contributed by atoms with Gasteiger partial charge < -0.3 is 18.2 Å². The molecule has 0 amide bonds. The molecule has 0 spiro atoms. The van der Waals surface area contributed by atoms with Gasteiger partial charge in [-0.1, -0.05) is 11.2 Å². The number of aryl methyl sites for hydroxylation is 1. The van der Waals surface area contributed by atoms with Crippen molar-refractivity contribution >= 4 is 17.3 Å². The maximum atomic E-state index is 12.5. The number of aromatic nitrogens is 3. The van der Waals surface area contributed by atoms with Gasteiger partial charge >= 0.3 is 5.97 Å². The smallest absolute Gasteiger partial charge is 0.340 e. The molecule has 0 radical (unpaired) electrons. The number of hydrogen-bond donors (Lipinski definition) is 0. The Kier molecular flexibility index (Phi) is 4.64. The van der Waals surface area contributed by atoms with Gasteiger partial charge in [0.05, 0.1) is 23.2 Å². The van der Waals surface area contributed by atoms with Gasteiger partial charge in [-0.05, 0) is 43.5 Å². The zero-order chi connectivity index (χ0) is 18.8. The van der Waals surface area contributed by atoms with E-state index in [1.165, 1.54) is 11.3 Å². The molecule has 0 aromatic carbocycles. The van der Waals surface area contributed by atoms with E-state index in [9.17, 15) is 4.79 Å². The van der Waals surface area contributed by atoms with Crippen LogP contribution in [0.15, 0.2) is 50.9 Å². The molecular weight excluding hydrogens is 366 g/mol. The van der Waals surface area contributed by atoms with Gasteiger partial charge in [0.25, 0.3) is 5.89 Å². The highest BCUT2D eigenvalue weighted by Crippen LogP contribution is 2.22. The lowest BCUT2D eigenvalue weighted by Crippen LogP contribution is -2.08. The van der Waals surface area contributed by atoms with Gasteiger partial charge in [-0.15, -0.1) is 11.3 Å². The topological polar surface area (TPSA) is 83.3 Å². The van der Waals surface area contributed by atoms with Crippen molar-refractivity contribution in [3.8, 4) is 10.7 Å². The number of ether oxygens (including phenoxy) is 1. The van der Waals surface area contributed by atoms with Crippen LogP contribution < -0.4 is 0 Å². The second-order valence-electron chi connectivity index (χ2n) is 6.02. The van der Waals surface area contributed by atoms with Crippen molar-refractivity contribution in [3.63, 3.8) is 0 Å². The Bertz CT molecular complexity index is 1050. The molecule has 8 heteroatoms. The summed E-state index contributed by atoms with van der Waals surface area (Å²) >= 11 is 1.52. The molecule has 0 saturated heterocycles. The quantitative estimate of drug-likeness (QED) is 0.464. The van der Waals surface area contributed by atoms with Crippen molar-refractivity contribution < 1.29 is 18.5 Å². The molecule has 0 aliphatic carbocycles. The van der Waals surface area contributed by atoms with E-state index in [-0.39, 0.29) is 12.5 Å². The van der Waals surface area contributed by atoms with Crippen LogP contribution in [0.1, 0.15) is 33.4 Å². The number of carbonyl (C=O) groups is 1. The van der Waals surface area contributed by atoms with Crippen LogP contribution in [0.2, 0.25) is 0 Å². The molecule has 0 fully saturated rings. The van der Waals surface area contributed by atoms with Crippen molar-refractivity contribution in [1.29, 1.82) is 0 Å². The maximum Gasteiger partial charge on any atom is 0.340 e. The van der Waals surface area contributed by atoms with Gasteiger partial charge in [0.1, 0.15) is 5.76 Å². The fraction of sp³-hybridized carbons (Fsp3) is 0.211. The van der Waals surface area contributed by atoms with E-state index in [1.807, 2.05) is 54.1 Å².